The number of hydrogen-bond acceptors (Lipinski definition) is 6. The van der Waals surface area contributed by atoms with Crippen molar-refractivity contribution >= 4 is 25.7 Å². The first kappa shape index (κ1) is 23.5. The summed E-state index contributed by atoms with van der Waals surface area (Å²) in [6, 6.07) is 13.2. The fraction of sp³-hybridized carbons (Fsp3) is 0.429. The van der Waals surface area contributed by atoms with E-state index < -0.39 is 20.0 Å². The maximum Gasteiger partial charge on any atom is 0.243 e. The summed E-state index contributed by atoms with van der Waals surface area (Å²) in [5.74, 6) is 0.554. The molecule has 0 radical (unpaired) electrons. The van der Waals surface area contributed by atoms with Gasteiger partial charge in [-0.1, -0.05) is 32.0 Å². The number of piperazine rings is 1. The molecule has 0 N–H and O–H groups in total. The summed E-state index contributed by atoms with van der Waals surface area (Å²) in [6.07, 6.45) is 0. The van der Waals surface area contributed by atoms with Crippen LogP contribution in [0.1, 0.15) is 13.8 Å². The van der Waals surface area contributed by atoms with Gasteiger partial charge in [0.1, 0.15) is 5.75 Å². The third kappa shape index (κ3) is 4.72. The Kier molecular flexibility index (Phi) is 7.25. The fourth-order valence-electron chi connectivity index (χ4n) is 3.70. The third-order valence-corrected chi connectivity index (χ3v) is 9.41. The standard InChI is InChI=1S/C21H29N3O5S2/c1-4-23(5-2)31(27,28)19-11-12-21(29-3)20(17-19)22-13-15-24(16-14-22)30(25,26)18-9-7-6-8-10-18/h6-12,17H,4-5,13-16H2,1-3H3. The van der Waals surface area contributed by atoms with Crippen molar-refractivity contribution in [1.29, 1.82) is 0 Å². The van der Waals surface area contributed by atoms with E-state index in [1.54, 1.807) is 62.4 Å². The van der Waals surface area contributed by atoms with Crippen LogP contribution in [0.4, 0.5) is 5.69 Å². The smallest absolute Gasteiger partial charge is 0.243 e. The van der Waals surface area contributed by atoms with Crippen LogP contribution in [0.15, 0.2) is 58.3 Å². The molecule has 0 amide bonds. The third-order valence-electron chi connectivity index (χ3n) is 5.45. The zero-order valence-electron chi connectivity index (χ0n) is 18.1. The highest BCUT2D eigenvalue weighted by Crippen LogP contribution is 2.33. The van der Waals surface area contributed by atoms with Gasteiger partial charge in [0.25, 0.3) is 0 Å². The first-order valence-electron chi connectivity index (χ1n) is 10.2. The van der Waals surface area contributed by atoms with Gasteiger partial charge in [-0.05, 0) is 30.3 Å². The van der Waals surface area contributed by atoms with Gasteiger partial charge < -0.3 is 9.64 Å². The van der Waals surface area contributed by atoms with Gasteiger partial charge in [0, 0.05) is 39.3 Å². The summed E-state index contributed by atoms with van der Waals surface area (Å²) in [4.78, 5) is 2.44. The molecule has 0 saturated carbocycles. The molecule has 170 valence electrons. The molecule has 0 aromatic heterocycles. The van der Waals surface area contributed by atoms with E-state index in [0.717, 1.165) is 0 Å². The number of rotatable bonds is 8. The van der Waals surface area contributed by atoms with E-state index in [4.69, 9.17) is 4.74 Å². The molecule has 0 spiro atoms. The minimum atomic E-state index is -3.61. The lowest BCUT2D eigenvalue weighted by atomic mass is 10.2. The van der Waals surface area contributed by atoms with Crippen molar-refractivity contribution in [2.75, 3.05) is 51.3 Å². The molecule has 1 fully saturated rings. The maximum atomic E-state index is 12.9. The Morgan fingerprint density at radius 2 is 1.48 bits per heavy atom. The average molecular weight is 468 g/mol. The van der Waals surface area contributed by atoms with Crippen molar-refractivity contribution in [1.82, 2.24) is 8.61 Å². The number of methoxy groups -OCH3 is 1. The molecule has 10 heteroatoms. The van der Waals surface area contributed by atoms with E-state index in [2.05, 4.69) is 0 Å². The molecule has 1 aliphatic rings. The Morgan fingerprint density at radius 1 is 0.871 bits per heavy atom. The Hall–Kier alpha value is -2.14. The number of anilines is 1. The number of benzene rings is 2. The van der Waals surface area contributed by atoms with Crippen molar-refractivity contribution in [3.05, 3.63) is 48.5 Å². The molecule has 8 nitrogen and oxygen atoms in total. The van der Waals surface area contributed by atoms with E-state index in [0.29, 0.717) is 50.7 Å². The molecular formula is C21H29N3O5S2. The highest BCUT2D eigenvalue weighted by molar-refractivity contribution is 7.89. The van der Waals surface area contributed by atoms with Crippen molar-refractivity contribution in [3.8, 4) is 5.75 Å². The Labute approximate surface area is 185 Å². The molecule has 3 rings (SSSR count). The van der Waals surface area contributed by atoms with Crippen LogP contribution >= 0.6 is 0 Å². The minimum Gasteiger partial charge on any atom is -0.495 e. The molecule has 0 bridgehead atoms. The second kappa shape index (κ2) is 9.56. The number of nitrogens with zero attached hydrogens (tertiary/aromatic N) is 3. The second-order valence-corrected chi connectivity index (χ2v) is 11.0. The summed E-state index contributed by atoms with van der Waals surface area (Å²) in [7, 11) is -5.64. The SMILES string of the molecule is CCN(CC)S(=O)(=O)c1ccc(OC)c(N2CCN(S(=O)(=O)c3ccccc3)CC2)c1. The predicted molar refractivity (Wildman–Crippen MR) is 121 cm³/mol. The van der Waals surface area contributed by atoms with Crippen molar-refractivity contribution in [2.24, 2.45) is 0 Å². The van der Waals surface area contributed by atoms with Crippen molar-refractivity contribution < 1.29 is 21.6 Å². The molecule has 1 aliphatic heterocycles. The molecular weight excluding hydrogens is 438 g/mol. The Morgan fingerprint density at radius 3 is 2.03 bits per heavy atom. The number of sulfonamides is 2. The quantitative estimate of drug-likeness (QED) is 0.592. The van der Waals surface area contributed by atoms with Gasteiger partial charge >= 0.3 is 0 Å². The molecule has 1 heterocycles. The molecule has 1 saturated heterocycles. The lowest BCUT2D eigenvalue weighted by Crippen LogP contribution is -2.48. The van der Waals surface area contributed by atoms with Gasteiger partial charge in [0.15, 0.2) is 0 Å². The predicted octanol–water partition coefficient (Wildman–Crippen LogP) is 2.24. The van der Waals surface area contributed by atoms with Gasteiger partial charge in [-0.25, -0.2) is 16.8 Å². The van der Waals surface area contributed by atoms with E-state index in [9.17, 15) is 16.8 Å². The highest BCUT2D eigenvalue weighted by Gasteiger charge is 2.30. The summed E-state index contributed by atoms with van der Waals surface area (Å²) in [5.41, 5.74) is 0.646. The first-order valence-corrected chi connectivity index (χ1v) is 13.1. The van der Waals surface area contributed by atoms with Gasteiger partial charge in [0.2, 0.25) is 20.0 Å². The average Bonchev–Trinajstić information content (AvgIpc) is 2.80. The monoisotopic (exact) mass is 467 g/mol. The topological polar surface area (TPSA) is 87.2 Å². The Balaban J connectivity index is 1.84. The van der Waals surface area contributed by atoms with E-state index in [1.165, 1.54) is 15.7 Å². The van der Waals surface area contributed by atoms with Crippen LogP contribution in [0, 0.1) is 0 Å². The number of hydrogen-bond donors (Lipinski definition) is 0. The largest absolute Gasteiger partial charge is 0.495 e. The highest BCUT2D eigenvalue weighted by atomic mass is 32.2. The van der Waals surface area contributed by atoms with Crippen LogP contribution in [0.2, 0.25) is 0 Å². The lowest BCUT2D eigenvalue weighted by molar-refractivity contribution is 0.378. The van der Waals surface area contributed by atoms with E-state index in [1.807, 2.05) is 4.90 Å². The van der Waals surface area contributed by atoms with Gasteiger partial charge in [0.05, 0.1) is 22.6 Å². The lowest BCUT2D eigenvalue weighted by Gasteiger charge is -2.36. The number of ether oxygens (including phenoxy) is 1. The Bertz CT molecular complexity index is 1090. The second-order valence-electron chi connectivity index (χ2n) is 7.13. The normalized spacial score (nSPS) is 15.9. The zero-order chi connectivity index (χ0) is 22.6. The fourth-order valence-corrected chi connectivity index (χ4v) is 6.62. The maximum absolute atomic E-state index is 12.9. The van der Waals surface area contributed by atoms with E-state index >= 15 is 0 Å². The summed E-state index contributed by atoms with van der Waals surface area (Å²) in [6.45, 7) is 5.83. The van der Waals surface area contributed by atoms with Crippen LogP contribution in [-0.2, 0) is 20.0 Å². The van der Waals surface area contributed by atoms with Crippen LogP contribution in [0.3, 0.4) is 0 Å². The van der Waals surface area contributed by atoms with Crippen LogP contribution < -0.4 is 9.64 Å². The molecule has 31 heavy (non-hydrogen) atoms. The van der Waals surface area contributed by atoms with Gasteiger partial charge in [-0.3, -0.25) is 0 Å². The minimum absolute atomic E-state index is 0.200. The molecule has 2 aromatic carbocycles. The van der Waals surface area contributed by atoms with Gasteiger partial charge in [-0.2, -0.15) is 8.61 Å². The molecule has 2 aromatic rings. The molecule has 0 atom stereocenters. The van der Waals surface area contributed by atoms with Crippen molar-refractivity contribution in [3.63, 3.8) is 0 Å². The van der Waals surface area contributed by atoms with Crippen LogP contribution in [0.25, 0.3) is 0 Å². The molecule has 0 unspecified atom stereocenters. The molecule has 0 aliphatic carbocycles. The van der Waals surface area contributed by atoms with E-state index in [-0.39, 0.29) is 9.79 Å². The van der Waals surface area contributed by atoms with Crippen LogP contribution in [-0.4, -0.2) is 71.8 Å². The van der Waals surface area contributed by atoms with Gasteiger partial charge in [-0.15, -0.1) is 0 Å². The zero-order valence-corrected chi connectivity index (χ0v) is 19.7. The summed E-state index contributed by atoms with van der Waals surface area (Å²) < 4.78 is 60.0. The summed E-state index contributed by atoms with van der Waals surface area (Å²) >= 11 is 0. The van der Waals surface area contributed by atoms with Crippen LogP contribution in [0.5, 0.6) is 5.75 Å². The summed E-state index contributed by atoms with van der Waals surface area (Å²) in [5, 5.41) is 0. The van der Waals surface area contributed by atoms with Crippen molar-refractivity contribution in [2.45, 2.75) is 23.6 Å². The first-order chi connectivity index (χ1) is 14.7.